The van der Waals surface area contributed by atoms with Crippen molar-refractivity contribution in [3.8, 4) is 0 Å². The van der Waals surface area contributed by atoms with E-state index < -0.39 is 17.8 Å². The molecule has 2 heterocycles. The van der Waals surface area contributed by atoms with Gasteiger partial charge < -0.3 is 4.42 Å². The van der Waals surface area contributed by atoms with Gasteiger partial charge in [-0.2, -0.15) is 0 Å². The first kappa shape index (κ1) is 10.4. The summed E-state index contributed by atoms with van der Waals surface area (Å²) in [6.45, 7) is 0. The maximum atomic E-state index is 11.3. The lowest BCUT2D eigenvalue weighted by Crippen LogP contribution is -2.51. The van der Waals surface area contributed by atoms with Crippen molar-refractivity contribution in [2.24, 2.45) is 0 Å². The average molecular weight is 241 g/mol. The van der Waals surface area contributed by atoms with Crippen LogP contribution in [0.4, 0.5) is 4.79 Å². The lowest BCUT2D eigenvalue weighted by Gasteiger charge is -2.13. The number of hydrogen-bond donors (Lipinski definition) is 2. The molecule has 0 radical (unpaired) electrons. The van der Waals surface area contributed by atoms with Gasteiger partial charge in [-0.1, -0.05) is 0 Å². The number of carbonyl (C=O) groups excluding carboxylic acids is 3. The summed E-state index contributed by atoms with van der Waals surface area (Å²) in [7, 11) is 0. The molecule has 0 saturated carbocycles. The molecular formula is C9H5ClN2O4. The number of imide groups is 2. The van der Waals surface area contributed by atoms with Crippen LogP contribution >= 0.6 is 11.6 Å². The van der Waals surface area contributed by atoms with Crippen LogP contribution in [0.1, 0.15) is 5.76 Å². The molecule has 82 valence electrons. The van der Waals surface area contributed by atoms with E-state index in [1.807, 2.05) is 10.6 Å². The Hall–Kier alpha value is -2.08. The van der Waals surface area contributed by atoms with Crippen LogP contribution in [0.25, 0.3) is 6.08 Å². The van der Waals surface area contributed by atoms with Gasteiger partial charge in [-0.15, -0.1) is 0 Å². The van der Waals surface area contributed by atoms with Crippen LogP contribution in [-0.2, 0) is 9.59 Å². The second kappa shape index (κ2) is 3.82. The highest BCUT2D eigenvalue weighted by atomic mass is 35.5. The lowest BCUT2D eigenvalue weighted by atomic mass is 10.1. The summed E-state index contributed by atoms with van der Waals surface area (Å²) >= 11 is 5.52. The quantitative estimate of drug-likeness (QED) is 0.558. The Morgan fingerprint density at radius 1 is 1.12 bits per heavy atom. The Bertz CT molecular complexity index is 495. The minimum Gasteiger partial charge on any atom is -0.445 e. The first-order valence-corrected chi connectivity index (χ1v) is 4.58. The van der Waals surface area contributed by atoms with Crippen molar-refractivity contribution in [2.45, 2.75) is 0 Å². The second-order valence-corrected chi connectivity index (χ2v) is 3.31. The predicted octanol–water partition coefficient (Wildman–Crippen LogP) is 0.682. The van der Waals surface area contributed by atoms with Crippen molar-refractivity contribution < 1.29 is 18.8 Å². The van der Waals surface area contributed by atoms with Gasteiger partial charge in [0.15, 0.2) is 5.22 Å². The molecule has 6 nitrogen and oxygen atoms in total. The molecule has 1 aromatic rings. The van der Waals surface area contributed by atoms with Crippen LogP contribution in [0.2, 0.25) is 5.22 Å². The molecule has 0 atom stereocenters. The van der Waals surface area contributed by atoms with Crippen molar-refractivity contribution in [2.75, 3.05) is 0 Å². The maximum absolute atomic E-state index is 11.3. The summed E-state index contributed by atoms with van der Waals surface area (Å²) in [5.41, 5.74) is -0.217. The maximum Gasteiger partial charge on any atom is 0.328 e. The number of furan rings is 1. The van der Waals surface area contributed by atoms with Gasteiger partial charge in [0, 0.05) is 0 Å². The van der Waals surface area contributed by atoms with E-state index in [1.165, 1.54) is 18.2 Å². The highest BCUT2D eigenvalue weighted by molar-refractivity contribution is 6.31. The molecule has 1 fully saturated rings. The number of carbonyl (C=O) groups is 3. The third-order valence-corrected chi connectivity index (χ3v) is 2.03. The number of nitrogens with one attached hydrogen (secondary N) is 2. The summed E-state index contributed by atoms with van der Waals surface area (Å²) in [5.74, 6) is -1.30. The standard InChI is InChI=1S/C9H5ClN2O4/c10-6-2-1-4(16-6)3-5-7(13)11-9(15)12-8(5)14/h1-3H,(H2,11,12,13,14,15). The van der Waals surface area contributed by atoms with E-state index in [4.69, 9.17) is 16.0 Å². The third kappa shape index (κ3) is 1.96. The average Bonchev–Trinajstić information content (AvgIpc) is 2.58. The summed E-state index contributed by atoms with van der Waals surface area (Å²) in [5, 5.41) is 4.01. The normalized spacial score (nSPS) is 15.8. The van der Waals surface area contributed by atoms with Gasteiger partial charge in [0.1, 0.15) is 11.3 Å². The molecule has 0 aliphatic carbocycles. The SMILES string of the molecule is O=C1NC(=O)C(=Cc2ccc(Cl)o2)C(=O)N1. The summed E-state index contributed by atoms with van der Waals surface area (Å²) in [6.07, 6.45) is 1.20. The Morgan fingerprint density at radius 3 is 2.25 bits per heavy atom. The largest absolute Gasteiger partial charge is 0.445 e. The fourth-order valence-electron chi connectivity index (χ4n) is 1.15. The monoisotopic (exact) mass is 240 g/mol. The van der Waals surface area contributed by atoms with E-state index in [9.17, 15) is 14.4 Å². The van der Waals surface area contributed by atoms with Crippen LogP contribution in [0.5, 0.6) is 0 Å². The summed E-state index contributed by atoms with van der Waals surface area (Å²) < 4.78 is 4.95. The highest BCUT2D eigenvalue weighted by Crippen LogP contribution is 2.16. The molecule has 0 aromatic carbocycles. The van der Waals surface area contributed by atoms with E-state index in [-0.39, 0.29) is 16.6 Å². The van der Waals surface area contributed by atoms with Crippen molar-refractivity contribution in [3.63, 3.8) is 0 Å². The molecule has 16 heavy (non-hydrogen) atoms. The van der Waals surface area contributed by atoms with Crippen LogP contribution in [0.3, 0.4) is 0 Å². The molecule has 0 bridgehead atoms. The zero-order valence-corrected chi connectivity index (χ0v) is 8.50. The van der Waals surface area contributed by atoms with Gasteiger partial charge in [-0.3, -0.25) is 20.2 Å². The Kier molecular flexibility index (Phi) is 2.49. The minimum atomic E-state index is -0.843. The van der Waals surface area contributed by atoms with E-state index in [2.05, 4.69) is 0 Å². The molecule has 0 spiro atoms. The third-order valence-electron chi connectivity index (χ3n) is 1.82. The minimum absolute atomic E-state index is 0.138. The number of urea groups is 1. The number of rotatable bonds is 1. The van der Waals surface area contributed by atoms with E-state index in [0.29, 0.717) is 0 Å². The van der Waals surface area contributed by atoms with Gasteiger partial charge >= 0.3 is 6.03 Å². The molecule has 2 rings (SSSR count). The molecule has 4 amide bonds. The Labute approximate surface area is 94.2 Å². The summed E-state index contributed by atoms with van der Waals surface area (Å²) in [6, 6.07) is 2.12. The fraction of sp³-hybridized carbons (Fsp3) is 0. The second-order valence-electron chi connectivity index (χ2n) is 2.94. The zero-order chi connectivity index (χ0) is 11.7. The molecule has 1 aliphatic rings. The molecule has 7 heteroatoms. The summed E-state index contributed by atoms with van der Waals surface area (Å²) in [4.78, 5) is 33.3. The van der Waals surface area contributed by atoms with Crippen LogP contribution in [-0.4, -0.2) is 17.8 Å². The molecule has 2 N–H and O–H groups in total. The van der Waals surface area contributed by atoms with Crippen LogP contribution in [0.15, 0.2) is 22.1 Å². The molecule has 1 saturated heterocycles. The van der Waals surface area contributed by atoms with Gasteiger partial charge in [0.2, 0.25) is 0 Å². The van der Waals surface area contributed by atoms with Crippen molar-refractivity contribution in [1.82, 2.24) is 10.6 Å². The molecule has 1 aliphatic heterocycles. The first-order chi connectivity index (χ1) is 7.56. The number of halogens is 1. The van der Waals surface area contributed by atoms with Gasteiger partial charge in [0.05, 0.1) is 0 Å². The topological polar surface area (TPSA) is 88.4 Å². The van der Waals surface area contributed by atoms with Gasteiger partial charge in [0.25, 0.3) is 11.8 Å². The van der Waals surface area contributed by atoms with Gasteiger partial charge in [-0.25, -0.2) is 4.79 Å². The van der Waals surface area contributed by atoms with E-state index in [1.54, 1.807) is 0 Å². The number of barbiturate groups is 1. The van der Waals surface area contributed by atoms with E-state index in [0.717, 1.165) is 0 Å². The fourth-order valence-corrected chi connectivity index (χ4v) is 1.31. The van der Waals surface area contributed by atoms with Crippen molar-refractivity contribution >= 4 is 35.5 Å². The van der Waals surface area contributed by atoms with Crippen molar-refractivity contribution in [1.29, 1.82) is 0 Å². The number of amides is 4. The van der Waals surface area contributed by atoms with Crippen molar-refractivity contribution in [3.05, 3.63) is 28.7 Å². The smallest absolute Gasteiger partial charge is 0.328 e. The Morgan fingerprint density at radius 2 is 1.75 bits per heavy atom. The molecule has 0 unspecified atom stereocenters. The number of hydrogen-bond acceptors (Lipinski definition) is 4. The lowest BCUT2D eigenvalue weighted by molar-refractivity contribution is -0.123. The highest BCUT2D eigenvalue weighted by Gasteiger charge is 2.27. The Balaban J connectivity index is 2.32. The molecule has 1 aromatic heterocycles. The van der Waals surface area contributed by atoms with Crippen LogP contribution in [0, 0.1) is 0 Å². The zero-order valence-electron chi connectivity index (χ0n) is 7.74. The van der Waals surface area contributed by atoms with Gasteiger partial charge in [-0.05, 0) is 29.8 Å². The van der Waals surface area contributed by atoms with E-state index >= 15 is 0 Å². The molecular weight excluding hydrogens is 236 g/mol. The first-order valence-electron chi connectivity index (χ1n) is 4.20. The van der Waals surface area contributed by atoms with Crippen LogP contribution < -0.4 is 10.6 Å². The predicted molar refractivity (Wildman–Crippen MR) is 53.4 cm³/mol.